The number of carbonyl (C=O) groups is 3. The highest BCUT2D eigenvalue weighted by Crippen LogP contribution is 2.23. The molecule has 0 fully saturated rings. The van der Waals surface area contributed by atoms with Gasteiger partial charge < -0.3 is 38.8 Å². The normalized spacial score (nSPS) is 10.4. The van der Waals surface area contributed by atoms with E-state index < -0.39 is 12.2 Å². The van der Waals surface area contributed by atoms with Gasteiger partial charge in [-0.05, 0) is 57.7 Å². The molecule has 9 nitrogen and oxygen atoms in total. The van der Waals surface area contributed by atoms with Gasteiger partial charge in [-0.2, -0.15) is 0 Å². The Hall–Kier alpha value is -3.42. The van der Waals surface area contributed by atoms with Crippen molar-refractivity contribution in [3.8, 4) is 0 Å². The van der Waals surface area contributed by atoms with Gasteiger partial charge in [-0.15, -0.1) is 0 Å². The fraction of sp³-hybridized carbons (Fsp3) is 0.226. The maximum Gasteiger partial charge on any atom is 0.414 e. The van der Waals surface area contributed by atoms with Crippen LogP contribution in [0.15, 0.2) is 89.7 Å². The molecule has 1 aromatic heterocycles. The second kappa shape index (κ2) is 17.0. The van der Waals surface area contributed by atoms with Crippen LogP contribution in [0.4, 0.5) is 21.0 Å². The van der Waals surface area contributed by atoms with Crippen molar-refractivity contribution >= 4 is 67.8 Å². The number of nitrogens with zero attached hydrogens (tertiary/aromatic N) is 2. The van der Waals surface area contributed by atoms with Crippen LogP contribution in [0.5, 0.6) is 0 Å². The average molecular weight is 782 g/mol. The minimum Gasteiger partial charge on any atom is -1.00 e. The van der Waals surface area contributed by atoms with E-state index in [1.807, 2.05) is 47.2 Å². The van der Waals surface area contributed by atoms with Crippen LogP contribution in [-0.2, 0) is 16.0 Å². The zero-order valence-electron chi connectivity index (χ0n) is 23.4. The number of benzene rings is 3. The Balaban J connectivity index is 0.00000506. The summed E-state index contributed by atoms with van der Waals surface area (Å²) >= 11 is 9.45. The van der Waals surface area contributed by atoms with Crippen molar-refractivity contribution in [3.05, 3.63) is 100 Å². The van der Waals surface area contributed by atoms with Gasteiger partial charge in [0.2, 0.25) is 0 Å². The highest BCUT2D eigenvalue weighted by atomic mass is 127. The highest BCUT2D eigenvalue weighted by Gasteiger charge is 2.19. The van der Waals surface area contributed by atoms with E-state index in [4.69, 9.17) is 21.1 Å². The number of hydrogen-bond acceptors (Lipinski definition) is 5. The number of amides is 3. The lowest BCUT2D eigenvalue weighted by Gasteiger charge is -2.22. The Labute approximate surface area is 280 Å². The summed E-state index contributed by atoms with van der Waals surface area (Å²) < 4.78 is 13.5. The van der Waals surface area contributed by atoms with E-state index in [1.165, 1.54) is 4.90 Å². The monoisotopic (exact) mass is 780 g/mol. The van der Waals surface area contributed by atoms with E-state index in [-0.39, 0.29) is 56.2 Å². The first-order valence-electron chi connectivity index (χ1n) is 13.4. The molecule has 0 saturated carbocycles. The second-order valence-corrected chi connectivity index (χ2v) is 10.6. The third kappa shape index (κ3) is 10.1. The number of nitrogens with one attached hydrogen (secondary N) is 2. The van der Waals surface area contributed by atoms with Crippen molar-refractivity contribution in [2.75, 3.05) is 36.5 Å². The molecule has 0 aliphatic carbocycles. The number of pyridine rings is 1. The highest BCUT2D eigenvalue weighted by molar-refractivity contribution is 9.10. The molecule has 43 heavy (non-hydrogen) atoms. The van der Waals surface area contributed by atoms with E-state index in [0.29, 0.717) is 22.0 Å². The third-order valence-corrected chi connectivity index (χ3v) is 6.86. The molecule has 0 aliphatic rings. The van der Waals surface area contributed by atoms with Crippen LogP contribution in [0.3, 0.4) is 0 Å². The molecule has 12 heteroatoms. The Morgan fingerprint density at radius 3 is 2.47 bits per heavy atom. The number of carbonyl (C=O) groups excluding carboxylic acids is 3. The molecule has 3 aromatic carbocycles. The largest absolute Gasteiger partial charge is 1.00 e. The number of halogens is 3. The van der Waals surface area contributed by atoms with Crippen molar-refractivity contribution in [1.29, 1.82) is 0 Å². The Bertz CT molecular complexity index is 1550. The summed E-state index contributed by atoms with van der Waals surface area (Å²) in [6.07, 6.45) is 3.31. The topological polar surface area (TPSA) is 101 Å². The van der Waals surface area contributed by atoms with Gasteiger partial charge in [0.1, 0.15) is 25.3 Å². The summed E-state index contributed by atoms with van der Waals surface area (Å²) in [5.74, 6) is -0.280. The first kappa shape index (κ1) is 34.1. The lowest BCUT2D eigenvalue weighted by atomic mass is 10.1. The zero-order valence-corrected chi connectivity index (χ0v) is 27.9. The quantitative estimate of drug-likeness (QED) is 0.138. The predicted octanol–water partition coefficient (Wildman–Crippen LogP) is 3.58. The summed E-state index contributed by atoms with van der Waals surface area (Å²) in [4.78, 5) is 39.5. The van der Waals surface area contributed by atoms with Gasteiger partial charge in [-0.25, -0.2) is 14.2 Å². The molecule has 0 saturated heterocycles. The van der Waals surface area contributed by atoms with Gasteiger partial charge in [0.05, 0.1) is 23.2 Å². The molecule has 0 radical (unpaired) electrons. The molecule has 226 valence electrons. The van der Waals surface area contributed by atoms with Crippen LogP contribution >= 0.6 is 27.5 Å². The predicted molar refractivity (Wildman–Crippen MR) is 166 cm³/mol. The molecule has 0 bridgehead atoms. The number of fused-ring (bicyclic) bond motifs is 1. The van der Waals surface area contributed by atoms with Gasteiger partial charge in [0.25, 0.3) is 5.91 Å². The van der Waals surface area contributed by atoms with Crippen molar-refractivity contribution in [3.63, 3.8) is 0 Å². The lowest BCUT2D eigenvalue weighted by molar-refractivity contribution is -0.697. The molecular weight excluding hydrogens is 751 g/mol. The number of rotatable bonds is 11. The lowest BCUT2D eigenvalue weighted by Crippen LogP contribution is -3.00. The van der Waals surface area contributed by atoms with Crippen molar-refractivity contribution in [1.82, 2.24) is 5.32 Å². The maximum atomic E-state index is 13.0. The Morgan fingerprint density at radius 2 is 1.70 bits per heavy atom. The molecular formula is C31H31BrClIN4O5. The second-order valence-electron chi connectivity index (χ2n) is 9.27. The first-order chi connectivity index (χ1) is 20.3. The van der Waals surface area contributed by atoms with Crippen LogP contribution in [-0.4, -0.2) is 44.4 Å². The van der Waals surface area contributed by atoms with Crippen LogP contribution in [0.25, 0.3) is 10.8 Å². The van der Waals surface area contributed by atoms with Gasteiger partial charge >= 0.3 is 12.2 Å². The summed E-state index contributed by atoms with van der Waals surface area (Å²) in [7, 11) is 0. The smallest absolute Gasteiger partial charge is 0.414 e. The van der Waals surface area contributed by atoms with Crippen molar-refractivity contribution in [2.45, 2.75) is 19.9 Å². The molecule has 0 aliphatic heterocycles. The van der Waals surface area contributed by atoms with E-state index in [1.54, 1.807) is 42.6 Å². The van der Waals surface area contributed by atoms with Gasteiger partial charge in [0.15, 0.2) is 12.4 Å². The van der Waals surface area contributed by atoms with E-state index >= 15 is 0 Å². The van der Waals surface area contributed by atoms with E-state index in [9.17, 15) is 14.4 Å². The number of ether oxygens (including phenoxy) is 2. The Morgan fingerprint density at radius 1 is 0.953 bits per heavy atom. The fourth-order valence-electron chi connectivity index (χ4n) is 4.25. The summed E-state index contributed by atoms with van der Waals surface area (Å²) in [5, 5.41) is 7.90. The maximum absolute atomic E-state index is 13.0. The zero-order chi connectivity index (χ0) is 29.9. The molecule has 2 N–H and O–H groups in total. The van der Waals surface area contributed by atoms with Gasteiger partial charge in [0, 0.05) is 22.5 Å². The van der Waals surface area contributed by atoms with Crippen LogP contribution in [0.1, 0.15) is 23.7 Å². The molecule has 4 aromatic rings. The standard InChI is InChI=1S/C31H30BrClN4O5.HI/c1-2-15-36-20-23(19-24(32)21-36)29(38)34-14-17-42-31(40)37(26-12-10-25(33)11-13-26)16-18-41-30(39)35-28-9-5-7-22-6-3-4-8-27(22)28;/h3-13,19-21H,2,14-18H2,1H3,(H-,34,35,38,39);1H. The minimum atomic E-state index is -0.659. The summed E-state index contributed by atoms with van der Waals surface area (Å²) in [5.41, 5.74) is 1.63. The average Bonchev–Trinajstić information content (AvgIpc) is 2.98. The van der Waals surface area contributed by atoms with Crippen molar-refractivity contribution < 1.29 is 52.4 Å². The molecule has 1 heterocycles. The molecule has 0 unspecified atom stereocenters. The number of anilines is 2. The van der Waals surface area contributed by atoms with E-state index in [0.717, 1.165) is 28.2 Å². The SMILES string of the molecule is CCC[n+]1cc(Br)cc(C(=O)NCCOC(=O)N(CCOC(=O)Nc2cccc3ccccc23)c2ccc(Cl)cc2)c1.[I-]. The Kier molecular flexibility index (Phi) is 13.5. The van der Waals surface area contributed by atoms with Crippen LogP contribution < -0.4 is 44.1 Å². The van der Waals surface area contributed by atoms with E-state index in [2.05, 4.69) is 33.5 Å². The number of hydrogen-bond donors (Lipinski definition) is 2. The number of aryl methyl sites for hydroxylation is 1. The number of aromatic nitrogens is 1. The first-order valence-corrected chi connectivity index (χ1v) is 14.6. The minimum absolute atomic E-state index is 0. The van der Waals surface area contributed by atoms with Crippen LogP contribution in [0.2, 0.25) is 5.02 Å². The van der Waals surface area contributed by atoms with Gasteiger partial charge in [-0.3, -0.25) is 15.0 Å². The third-order valence-electron chi connectivity index (χ3n) is 6.18. The molecule has 3 amide bonds. The molecule has 4 rings (SSSR count). The summed E-state index contributed by atoms with van der Waals surface area (Å²) in [6.45, 7) is 2.84. The van der Waals surface area contributed by atoms with Crippen LogP contribution in [0, 0.1) is 0 Å². The molecule has 0 atom stereocenters. The summed E-state index contributed by atoms with van der Waals surface area (Å²) in [6, 6.07) is 21.6. The van der Waals surface area contributed by atoms with Crippen molar-refractivity contribution in [2.24, 2.45) is 0 Å². The molecule has 0 spiro atoms. The fourth-order valence-corrected chi connectivity index (χ4v) is 4.88. The van der Waals surface area contributed by atoms with Gasteiger partial charge in [-0.1, -0.05) is 54.9 Å².